The summed E-state index contributed by atoms with van der Waals surface area (Å²) in [6.45, 7) is 0.752. The summed E-state index contributed by atoms with van der Waals surface area (Å²) >= 11 is 0. The van der Waals surface area contributed by atoms with E-state index >= 15 is 0 Å². The largest absolute Gasteiger partial charge is 0.343 e. The van der Waals surface area contributed by atoms with Gasteiger partial charge < -0.3 is 9.42 Å². The fourth-order valence-corrected chi connectivity index (χ4v) is 4.27. The zero-order valence-corrected chi connectivity index (χ0v) is 14.6. The van der Waals surface area contributed by atoms with E-state index in [9.17, 15) is 4.79 Å². The highest BCUT2D eigenvalue weighted by atomic mass is 16.5. The van der Waals surface area contributed by atoms with Crippen molar-refractivity contribution in [1.29, 1.82) is 0 Å². The molecule has 0 radical (unpaired) electrons. The maximum atomic E-state index is 13.1. The van der Waals surface area contributed by atoms with Crippen LogP contribution in [-0.4, -0.2) is 27.5 Å². The van der Waals surface area contributed by atoms with Crippen molar-refractivity contribution in [1.82, 2.24) is 15.0 Å². The fourth-order valence-electron chi connectivity index (χ4n) is 4.27. The van der Waals surface area contributed by atoms with Crippen molar-refractivity contribution >= 4 is 5.91 Å². The van der Waals surface area contributed by atoms with Gasteiger partial charge in [-0.15, -0.1) is 0 Å². The second kappa shape index (κ2) is 7.38. The normalized spacial score (nSPS) is 22.1. The van der Waals surface area contributed by atoms with Crippen molar-refractivity contribution in [3.63, 3.8) is 0 Å². The smallest absolute Gasteiger partial charge is 0.254 e. The van der Waals surface area contributed by atoms with Crippen molar-refractivity contribution in [2.75, 3.05) is 6.54 Å². The van der Waals surface area contributed by atoms with Gasteiger partial charge >= 0.3 is 0 Å². The molecule has 2 fully saturated rings. The van der Waals surface area contributed by atoms with Gasteiger partial charge in [-0.25, -0.2) is 0 Å². The van der Waals surface area contributed by atoms with Crippen molar-refractivity contribution in [3.8, 4) is 0 Å². The van der Waals surface area contributed by atoms with Gasteiger partial charge in [-0.3, -0.25) is 4.79 Å². The third-order valence-electron chi connectivity index (χ3n) is 5.67. The van der Waals surface area contributed by atoms with Crippen LogP contribution in [0.1, 0.15) is 85.1 Å². The first-order chi connectivity index (χ1) is 12.3. The van der Waals surface area contributed by atoms with Gasteiger partial charge in [0.1, 0.15) is 0 Å². The Bertz CT molecular complexity index is 690. The zero-order valence-electron chi connectivity index (χ0n) is 14.6. The maximum absolute atomic E-state index is 13.1. The Labute approximate surface area is 148 Å². The Morgan fingerprint density at radius 1 is 1.00 bits per heavy atom. The van der Waals surface area contributed by atoms with Gasteiger partial charge in [0.2, 0.25) is 6.39 Å². The summed E-state index contributed by atoms with van der Waals surface area (Å²) in [7, 11) is 0. The van der Waals surface area contributed by atoms with Crippen LogP contribution in [0, 0.1) is 0 Å². The quantitative estimate of drug-likeness (QED) is 0.827. The number of likely N-dealkylation sites (tertiary alicyclic amines) is 1. The van der Waals surface area contributed by atoms with Gasteiger partial charge in [0.15, 0.2) is 5.82 Å². The molecule has 1 aliphatic carbocycles. The van der Waals surface area contributed by atoms with E-state index in [1.807, 2.05) is 17.0 Å². The van der Waals surface area contributed by atoms with Crippen LogP contribution in [0.4, 0.5) is 0 Å². The van der Waals surface area contributed by atoms with Crippen LogP contribution in [0.15, 0.2) is 35.2 Å². The number of hydrogen-bond donors (Lipinski definition) is 0. The summed E-state index contributed by atoms with van der Waals surface area (Å²) in [4.78, 5) is 19.3. The van der Waals surface area contributed by atoms with E-state index in [0.717, 1.165) is 37.8 Å². The third kappa shape index (κ3) is 3.46. The molecule has 1 atom stereocenters. The van der Waals surface area contributed by atoms with Crippen molar-refractivity contribution < 1.29 is 9.32 Å². The molecule has 1 saturated carbocycles. The SMILES string of the molecule is O=C(c1ccc(C2CCCC2)cc1)N1CCCCCC1c1ncon1. The van der Waals surface area contributed by atoms with E-state index < -0.39 is 0 Å². The topological polar surface area (TPSA) is 59.2 Å². The molecule has 2 aliphatic rings. The van der Waals surface area contributed by atoms with Crippen molar-refractivity contribution in [2.24, 2.45) is 0 Å². The minimum absolute atomic E-state index is 0.0784. The molecule has 1 unspecified atom stereocenters. The van der Waals surface area contributed by atoms with E-state index in [2.05, 4.69) is 22.3 Å². The van der Waals surface area contributed by atoms with Crippen LogP contribution in [0.2, 0.25) is 0 Å². The molecule has 1 aliphatic heterocycles. The summed E-state index contributed by atoms with van der Waals surface area (Å²) in [5.41, 5.74) is 2.14. The summed E-state index contributed by atoms with van der Waals surface area (Å²) in [5.74, 6) is 1.38. The molecule has 4 rings (SSSR count). The highest BCUT2D eigenvalue weighted by molar-refractivity contribution is 5.94. The number of nitrogens with zero attached hydrogens (tertiary/aromatic N) is 3. The molecule has 5 heteroatoms. The average Bonchev–Trinajstić information content (AvgIpc) is 3.32. The summed E-state index contributed by atoms with van der Waals surface area (Å²) in [6.07, 6.45) is 10.7. The number of carbonyl (C=O) groups is 1. The molecule has 0 N–H and O–H groups in total. The van der Waals surface area contributed by atoms with Gasteiger partial charge in [0, 0.05) is 12.1 Å². The van der Waals surface area contributed by atoms with Gasteiger partial charge in [0.25, 0.3) is 5.91 Å². The first kappa shape index (κ1) is 16.3. The highest BCUT2D eigenvalue weighted by Crippen LogP contribution is 2.34. The number of aromatic nitrogens is 2. The molecule has 2 aromatic rings. The lowest BCUT2D eigenvalue weighted by Gasteiger charge is -2.28. The second-order valence-corrected chi connectivity index (χ2v) is 7.26. The standard InChI is InChI=1S/C20H25N3O2/c24-20(17-11-9-16(10-12-17)15-6-3-4-7-15)23-13-5-1-2-8-18(23)19-21-14-25-22-19/h9-12,14-15,18H,1-8,13H2. The number of carbonyl (C=O) groups excluding carboxylic acids is 1. The van der Waals surface area contributed by atoms with Crippen molar-refractivity contribution in [3.05, 3.63) is 47.6 Å². The molecule has 5 nitrogen and oxygen atoms in total. The van der Waals surface area contributed by atoms with Crippen LogP contribution in [0.5, 0.6) is 0 Å². The van der Waals surface area contributed by atoms with Gasteiger partial charge in [-0.1, -0.05) is 43.0 Å². The second-order valence-electron chi connectivity index (χ2n) is 7.26. The van der Waals surface area contributed by atoms with E-state index in [0.29, 0.717) is 11.7 Å². The Kier molecular flexibility index (Phi) is 4.81. The summed E-state index contributed by atoms with van der Waals surface area (Å²) < 4.78 is 4.92. The number of hydrogen-bond acceptors (Lipinski definition) is 4. The van der Waals surface area contributed by atoms with Gasteiger partial charge in [-0.2, -0.15) is 4.98 Å². The first-order valence-electron chi connectivity index (χ1n) is 9.50. The Hall–Kier alpha value is -2.17. The minimum atomic E-state index is -0.0803. The predicted octanol–water partition coefficient (Wildman–Crippen LogP) is 4.48. The summed E-state index contributed by atoms with van der Waals surface area (Å²) in [5, 5.41) is 3.99. The average molecular weight is 339 g/mol. The predicted molar refractivity (Wildman–Crippen MR) is 94.2 cm³/mol. The molecule has 1 aromatic heterocycles. The maximum Gasteiger partial charge on any atom is 0.254 e. The lowest BCUT2D eigenvalue weighted by atomic mass is 9.96. The molecule has 25 heavy (non-hydrogen) atoms. The molecule has 132 valence electrons. The Balaban J connectivity index is 1.55. The van der Waals surface area contributed by atoms with Crippen molar-refractivity contribution in [2.45, 2.75) is 63.3 Å². The number of amides is 1. The van der Waals surface area contributed by atoms with Crippen LogP contribution in [0.3, 0.4) is 0 Å². The Morgan fingerprint density at radius 3 is 2.48 bits per heavy atom. The lowest BCUT2D eigenvalue weighted by Crippen LogP contribution is -2.35. The molecule has 0 spiro atoms. The molecule has 1 amide bonds. The Morgan fingerprint density at radius 2 is 1.76 bits per heavy atom. The molecular formula is C20H25N3O2. The number of benzene rings is 1. The number of rotatable bonds is 3. The monoisotopic (exact) mass is 339 g/mol. The van der Waals surface area contributed by atoms with E-state index in [1.54, 1.807) is 0 Å². The lowest BCUT2D eigenvalue weighted by molar-refractivity contribution is 0.0670. The third-order valence-corrected chi connectivity index (χ3v) is 5.67. The molecular weight excluding hydrogens is 314 g/mol. The van der Waals surface area contributed by atoms with Gasteiger partial charge in [-0.05, 0) is 49.3 Å². The fraction of sp³-hybridized carbons (Fsp3) is 0.550. The highest BCUT2D eigenvalue weighted by Gasteiger charge is 2.30. The van der Waals surface area contributed by atoms with E-state index in [1.165, 1.54) is 37.6 Å². The molecule has 2 heterocycles. The van der Waals surface area contributed by atoms with Crippen LogP contribution < -0.4 is 0 Å². The summed E-state index contributed by atoms with van der Waals surface area (Å²) in [6, 6.07) is 8.19. The zero-order chi connectivity index (χ0) is 17.1. The molecule has 1 saturated heterocycles. The molecule has 1 aromatic carbocycles. The van der Waals surface area contributed by atoms with Crippen LogP contribution in [-0.2, 0) is 0 Å². The van der Waals surface area contributed by atoms with Gasteiger partial charge in [0.05, 0.1) is 6.04 Å². The first-order valence-corrected chi connectivity index (χ1v) is 9.50. The minimum Gasteiger partial charge on any atom is -0.343 e. The van der Waals surface area contributed by atoms with E-state index in [4.69, 9.17) is 4.52 Å². The van der Waals surface area contributed by atoms with E-state index in [-0.39, 0.29) is 11.9 Å². The molecule has 0 bridgehead atoms. The van der Waals surface area contributed by atoms with Crippen LogP contribution >= 0.6 is 0 Å². The van der Waals surface area contributed by atoms with Crippen LogP contribution in [0.25, 0.3) is 0 Å².